The molecule has 1 saturated carbocycles. The first-order chi connectivity index (χ1) is 5.89. The van der Waals surface area contributed by atoms with Gasteiger partial charge in [-0.15, -0.1) is 0 Å². The number of hydrogen-bond donors (Lipinski definition) is 2. The van der Waals surface area contributed by atoms with Gasteiger partial charge in [0.15, 0.2) is 4.93 Å². The first-order valence-corrected chi connectivity index (χ1v) is 5.55. The van der Waals surface area contributed by atoms with Crippen LogP contribution in [0.4, 0.5) is 0 Å². The third kappa shape index (κ3) is 2.19. The number of aliphatic hydroxyl groups is 1. The van der Waals surface area contributed by atoms with Crippen LogP contribution in [0, 0.1) is 0 Å². The maximum Gasteiger partial charge on any atom is 0.295 e. The molecule has 6 heteroatoms. The van der Waals surface area contributed by atoms with Crippen LogP contribution < -0.4 is 0 Å². The summed E-state index contributed by atoms with van der Waals surface area (Å²) in [6, 6.07) is 0. The lowest BCUT2D eigenvalue weighted by Gasteiger charge is -2.33. The average molecular weight is 210 g/mol. The third-order valence-electron chi connectivity index (χ3n) is 2.45. The fourth-order valence-electron chi connectivity index (χ4n) is 1.60. The Kier molecular flexibility index (Phi) is 2.96. The summed E-state index contributed by atoms with van der Waals surface area (Å²) in [7, 11) is -2.93. The Hall–Kier alpha value is -0.170. The largest absolute Gasteiger partial charge is 0.381 e. The van der Waals surface area contributed by atoms with Crippen molar-refractivity contribution in [2.75, 3.05) is 7.11 Å². The summed E-state index contributed by atoms with van der Waals surface area (Å²) < 4.78 is 35.4. The molecule has 0 heterocycles. The number of methoxy groups -OCH3 is 1. The minimum Gasteiger partial charge on any atom is -0.381 e. The van der Waals surface area contributed by atoms with Crippen LogP contribution in [0.15, 0.2) is 0 Å². The molecule has 13 heavy (non-hydrogen) atoms. The van der Waals surface area contributed by atoms with E-state index in [1.165, 1.54) is 7.11 Å². The summed E-state index contributed by atoms with van der Waals surface area (Å²) in [4.78, 5) is -2.01. The standard InChI is InChI=1S/C7H14O5S/c1-12-6-3-2-4-7(8,5-6)13(9,10)11/h6,8H,2-5H2,1H3,(H,9,10,11). The van der Waals surface area contributed by atoms with Crippen molar-refractivity contribution < 1.29 is 22.8 Å². The summed E-state index contributed by atoms with van der Waals surface area (Å²) in [6.45, 7) is 0. The van der Waals surface area contributed by atoms with Gasteiger partial charge in [-0.1, -0.05) is 0 Å². The van der Waals surface area contributed by atoms with E-state index >= 15 is 0 Å². The molecule has 2 atom stereocenters. The smallest absolute Gasteiger partial charge is 0.295 e. The van der Waals surface area contributed by atoms with E-state index in [1.807, 2.05) is 0 Å². The van der Waals surface area contributed by atoms with Crippen molar-refractivity contribution in [2.45, 2.75) is 36.7 Å². The molecule has 0 radical (unpaired) electrons. The van der Waals surface area contributed by atoms with Crippen LogP contribution in [0.5, 0.6) is 0 Å². The van der Waals surface area contributed by atoms with Crippen molar-refractivity contribution >= 4 is 10.1 Å². The van der Waals surface area contributed by atoms with Crippen molar-refractivity contribution in [1.29, 1.82) is 0 Å². The molecular formula is C7H14O5S. The van der Waals surface area contributed by atoms with Crippen molar-refractivity contribution in [3.63, 3.8) is 0 Å². The highest BCUT2D eigenvalue weighted by Crippen LogP contribution is 2.33. The zero-order valence-electron chi connectivity index (χ0n) is 7.43. The zero-order chi connectivity index (χ0) is 10.1. The molecule has 0 saturated heterocycles. The molecule has 2 unspecified atom stereocenters. The van der Waals surface area contributed by atoms with E-state index in [9.17, 15) is 13.5 Å². The molecule has 0 aromatic carbocycles. The molecule has 1 aliphatic carbocycles. The van der Waals surface area contributed by atoms with Crippen molar-refractivity contribution in [2.24, 2.45) is 0 Å². The number of hydrogen-bond acceptors (Lipinski definition) is 4. The topological polar surface area (TPSA) is 83.8 Å². The third-order valence-corrected chi connectivity index (χ3v) is 3.78. The van der Waals surface area contributed by atoms with E-state index in [0.29, 0.717) is 12.8 Å². The van der Waals surface area contributed by atoms with Crippen molar-refractivity contribution in [3.8, 4) is 0 Å². The molecule has 1 aliphatic rings. The predicted molar refractivity (Wildman–Crippen MR) is 45.8 cm³/mol. The van der Waals surface area contributed by atoms with E-state index in [-0.39, 0.29) is 18.9 Å². The molecule has 2 N–H and O–H groups in total. The molecule has 0 aromatic rings. The first kappa shape index (κ1) is 10.9. The van der Waals surface area contributed by atoms with E-state index in [4.69, 9.17) is 9.29 Å². The number of rotatable bonds is 2. The van der Waals surface area contributed by atoms with E-state index in [0.717, 1.165) is 0 Å². The molecule has 0 spiro atoms. The Morgan fingerprint density at radius 1 is 1.54 bits per heavy atom. The molecule has 1 fully saturated rings. The second-order valence-electron chi connectivity index (χ2n) is 3.38. The highest BCUT2D eigenvalue weighted by Gasteiger charge is 2.44. The summed E-state index contributed by atoms with van der Waals surface area (Å²) in [5.74, 6) is 0. The van der Waals surface area contributed by atoms with Gasteiger partial charge in [0.1, 0.15) is 0 Å². The van der Waals surface area contributed by atoms with E-state index in [2.05, 4.69) is 0 Å². The molecule has 0 aliphatic heterocycles. The Bertz CT molecular complexity index is 273. The fraction of sp³-hybridized carbons (Fsp3) is 1.00. The quantitative estimate of drug-likeness (QED) is 0.634. The maximum absolute atomic E-state index is 10.8. The lowest BCUT2D eigenvalue weighted by Crippen LogP contribution is -2.44. The van der Waals surface area contributed by atoms with Crippen molar-refractivity contribution in [1.82, 2.24) is 0 Å². The molecule has 0 amide bonds. The fourth-order valence-corrected chi connectivity index (χ4v) is 2.40. The Balaban J connectivity index is 2.80. The zero-order valence-corrected chi connectivity index (χ0v) is 8.25. The van der Waals surface area contributed by atoms with Gasteiger partial charge in [0.25, 0.3) is 10.1 Å². The normalized spacial score (nSPS) is 36.1. The molecule has 0 bridgehead atoms. The predicted octanol–water partition coefficient (Wildman–Crippen LogP) is 0.152. The van der Waals surface area contributed by atoms with Gasteiger partial charge in [0.2, 0.25) is 0 Å². The van der Waals surface area contributed by atoms with Gasteiger partial charge in [-0.3, -0.25) is 4.55 Å². The van der Waals surface area contributed by atoms with Gasteiger partial charge in [-0.05, 0) is 19.3 Å². The van der Waals surface area contributed by atoms with Crippen LogP contribution in [0.2, 0.25) is 0 Å². The van der Waals surface area contributed by atoms with Crippen LogP contribution in [0.25, 0.3) is 0 Å². The Morgan fingerprint density at radius 3 is 2.62 bits per heavy atom. The minimum atomic E-state index is -4.39. The van der Waals surface area contributed by atoms with Crippen LogP contribution >= 0.6 is 0 Å². The summed E-state index contributed by atoms with van der Waals surface area (Å²) in [5.41, 5.74) is 0. The van der Waals surface area contributed by atoms with Crippen LogP contribution in [0.1, 0.15) is 25.7 Å². The monoisotopic (exact) mass is 210 g/mol. The summed E-state index contributed by atoms with van der Waals surface area (Å²) >= 11 is 0. The van der Waals surface area contributed by atoms with E-state index < -0.39 is 15.1 Å². The van der Waals surface area contributed by atoms with E-state index in [1.54, 1.807) is 0 Å². The first-order valence-electron chi connectivity index (χ1n) is 4.11. The molecule has 1 rings (SSSR count). The highest BCUT2D eigenvalue weighted by molar-refractivity contribution is 7.87. The summed E-state index contributed by atoms with van der Waals surface area (Å²) in [6.07, 6.45) is 0.984. The van der Waals surface area contributed by atoms with Crippen LogP contribution in [-0.4, -0.2) is 36.2 Å². The lowest BCUT2D eigenvalue weighted by molar-refractivity contribution is -0.0148. The number of ether oxygens (including phenoxy) is 1. The SMILES string of the molecule is COC1CCCC(O)(S(=O)(=O)O)C1. The van der Waals surface area contributed by atoms with Gasteiger partial charge in [0.05, 0.1) is 6.10 Å². The van der Waals surface area contributed by atoms with Crippen LogP contribution in [-0.2, 0) is 14.9 Å². The van der Waals surface area contributed by atoms with Gasteiger partial charge in [-0.2, -0.15) is 8.42 Å². The summed E-state index contributed by atoms with van der Waals surface area (Å²) in [5, 5.41) is 9.59. The molecule has 78 valence electrons. The molecular weight excluding hydrogens is 196 g/mol. The minimum absolute atomic E-state index is 0.0532. The van der Waals surface area contributed by atoms with Gasteiger partial charge in [0, 0.05) is 13.5 Å². The lowest BCUT2D eigenvalue weighted by atomic mass is 9.94. The Morgan fingerprint density at radius 2 is 2.15 bits per heavy atom. The van der Waals surface area contributed by atoms with Gasteiger partial charge in [-0.25, -0.2) is 0 Å². The van der Waals surface area contributed by atoms with Crippen LogP contribution in [0.3, 0.4) is 0 Å². The molecule has 5 nitrogen and oxygen atoms in total. The maximum atomic E-state index is 10.8. The average Bonchev–Trinajstić information content (AvgIpc) is 2.02. The van der Waals surface area contributed by atoms with Gasteiger partial charge < -0.3 is 9.84 Å². The Labute approximate surface area is 77.5 Å². The highest BCUT2D eigenvalue weighted by atomic mass is 32.2. The van der Waals surface area contributed by atoms with Gasteiger partial charge >= 0.3 is 0 Å². The second kappa shape index (κ2) is 3.53. The second-order valence-corrected chi connectivity index (χ2v) is 5.09. The molecule has 0 aromatic heterocycles. The van der Waals surface area contributed by atoms with Crippen molar-refractivity contribution in [3.05, 3.63) is 0 Å².